The maximum absolute atomic E-state index is 5.79. The van der Waals surface area contributed by atoms with Crippen LogP contribution in [0.5, 0.6) is 0 Å². The fraction of sp³-hybridized carbons (Fsp3) is 0.667. The molecule has 0 aromatic carbocycles. The molecule has 2 heterocycles. The first-order chi connectivity index (χ1) is 8.65. The summed E-state index contributed by atoms with van der Waals surface area (Å²) in [4.78, 5) is 11.5. The summed E-state index contributed by atoms with van der Waals surface area (Å²) in [6.07, 6.45) is -0.0125. The smallest absolute Gasteiger partial charge is 0.161 e. The molecule has 1 aliphatic rings. The molecule has 1 fully saturated rings. The Balaban J connectivity index is 2.24. The minimum Gasteiger partial charge on any atom is -0.372 e. The molecule has 0 spiro atoms. The second kappa shape index (κ2) is 6.12. The van der Waals surface area contributed by atoms with Gasteiger partial charge in [0.15, 0.2) is 5.82 Å². The van der Waals surface area contributed by atoms with Crippen LogP contribution in [0.3, 0.4) is 0 Å². The lowest BCUT2D eigenvalue weighted by atomic mass is 10.2. The molecule has 0 saturated carbocycles. The summed E-state index contributed by atoms with van der Waals surface area (Å²) < 4.78 is 6.86. The maximum atomic E-state index is 5.79. The van der Waals surface area contributed by atoms with Gasteiger partial charge in [-0.2, -0.15) is 0 Å². The predicted molar refractivity (Wildman–Crippen MR) is 79.8 cm³/mol. The van der Waals surface area contributed by atoms with E-state index in [2.05, 4.69) is 49.7 Å². The normalized spacial score (nSPS) is 21.0. The van der Waals surface area contributed by atoms with Crippen molar-refractivity contribution in [3.8, 4) is 0 Å². The van der Waals surface area contributed by atoms with Crippen molar-refractivity contribution >= 4 is 28.4 Å². The molecule has 1 unspecified atom stereocenters. The lowest BCUT2D eigenvalue weighted by molar-refractivity contribution is -0.0326. The monoisotopic (exact) mass is 362 g/mol. The summed E-state index contributed by atoms with van der Waals surface area (Å²) in [5, 5.41) is 3.11. The quantitative estimate of drug-likeness (QED) is 0.832. The van der Waals surface area contributed by atoms with E-state index in [-0.39, 0.29) is 6.10 Å². The molecular formula is C12H19IN4O. The van der Waals surface area contributed by atoms with Crippen LogP contribution in [-0.4, -0.2) is 48.2 Å². The van der Waals surface area contributed by atoms with Crippen molar-refractivity contribution in [2.24, 2.45) is 0 Å². The summed E-state index contributed by atoms with van der Waals surface area (Å²) in [7, 11) is 1.88. The molecule has 0 radical (unpaired) electrons. The van der Waals surface area contributed by atoms with Crippen LogP contribution in [0.1, 0.15) is 24.5 Å². The molecule has 1 aromatic heterocycles. The first-order valence-electron chi connectivity index (χ1n) is 6.21. The van der Waals surface area contributed by atoms with Crippen LogP contribution in [-0.2, 0) is 4.74 Å². The molecule has 5 nitrogen and oxygen atoms in total. The molecular weight excluding hydrogens is 343 g/mol. The van der Waals surface area contributed by atoms with Crippen LogP contribution >= 0.6 is 22.6 Å². The number of nitrogens with zero attached hydrogens (tertiary/aromatic N) is 3. The fourth-order valence-electron chi connectivity index (χ4n) is 2.04. The minimum atomic E-state index is -0.0125. The zero-order valence-corrected chi connectivity index (χ0v) is 13.2. The van der Waals surface area contributed by atoms with Gasteiger partial charge in [0.2, 0.25) is 0 Å². The molecule has 18 heavy (non-hydrogen) atoms. The number of anilines is 1. The van der Waals surface area contributed by atoms with Crippen molar-refractivity contribution in [2.45, 2.75) is 20.0 Å². The van der Waals surface area contributed by atoms with Crippen LogP contribution in [0.25, 0.3) is 0 Å². The number of ether oxygens (including phenoxy) is 1. The van der Waals surface area contributed by atoms with Gasteiger partial charge in [0.25, 0.3) is 0 Å². The van der Waals surface area contributed by atoms with Gasteiger partial charge in [0.05, 0.1) is 15.9 Å². The number of halogens is 1. The molecule has 1 atom stereocenters. The Kier molecular flexibility index (Phi) is 4.74. The number of nitrogens with one attached hydrogen (secondary N) is 1. The van der Waals surface area contributed by atoms with E-state index in [9.17, 15) is 0 Å². The van der Waals surface area contributed by atoms with Crippen molar-refractivity contribution < 1.29 is 4.74 Å². The highest BCUT2D eigenvalue weighted by atomic mass is 127. The third-order valence-corrected chi connectivity index (χ3v) is 4.45. The van der Waals surface area contributed by atoms with Gasteiger partial charge in [-0.1, -0.05) is 6.92 Å². The van der Waals surface area contributed by atoms with Crippen molar-refractivity contribution in [3.05, 3.63) is 15.1 Å². The Morgan fingerprint density at radius 3 is 2.94 bits per heavy atom. The van der Waals surface area contributed by atoms with E-state index in [0.29, 0.717) is 0 Å². The van der Waals surface area contributed by atoms with E-state index in [1.54, 1.807) is 0 Å². The van der Waals surface area contributed by atoms with Gasteiger partial charge in [0, 0.05) is 20.1 Å². The number of aromatic nitrogens is 2. The van der Waals surface area contributed by atoms with Gasteiger partial charge in [-0.3, -0.25) is 4.90 Å². The van der Waals surface area contributed by atoms with Crippen LogP contribution in [0.2, 0.25) is 0 Å². The second-order valence-electron chi connectivity index (χ2n) is 4.33. The Labute approximate surface area is 121 Å². The van der Waals surface area contributed by atoms with E-state index in [0.717, 1.165) is 47.1 Å². The number of morpholine rings is 1. The van der Waals surface area contributed by atoms with Gasteiger partial charge in [-0.05, 0) is 36.1 Å². The van der Waals surface area contributed by atoms with E-state index < -0.39 is 0 Å². The Morgan fingerprint density at radius 2 is 2.28 bits per heavy atom. The summed E-state index contributed by atoms with van der Waals surface area (Å²) >= 11 is 2.27. The summed E-state index contributed by atoms with van der Waals surface area (Å²) in [6.45, 7) is 7.84. The van der Waals surface area contributed by atoms with Crippen molar-refractivity contribution in [1.29, 1.82) is 0 Å². The van der Waals surface area contributed by atoms with Crippen LogP contribution in [0, 0.1) is 10.5 Å². The Bertz CT molecular complexity index is 427. The maximum Gasteiger partial charge on any atom is 0.161 e. The second-order valence-corrected chi connectivity index (χ2v) is 5.41. The third kappa shape index (κ3) is 2.92. The summed E-state index contributed by atoms with van der Waals surface area (Å²) in [5.41, 5.74) is 1.00. The third-order valence-electron chi connectivity index (χ3n) is 3.16. The van der Waals surface area contributed by atoms with Crippen LogP contribution in [0.15, 0.2) is 0 Å². The Hall–Kier alpha value is -0.470. The summed E-state index contributed by atoms with van der Waals surface area (Å²) in [5.74, 6) is 1.67. The number of aryl methyl sites for hydroxylation is 1. The van der Waals surface area contributed by atoms with Crippen molar-refractivity contribution in [2.75, 3.05) is 38.6 Å². The Morgan fingerprint density at radius 1 is 1.50 bits per heavy atom. The standard InChI is InChI=1S/C12H19IN4O/c1-4-17-5-6-18-9(7-17)11-15-8(2)10(13)12(14-3)16-11/h9H,4-7H2,1-3H3,(H,14,15,16). The highest BCUT2D eigenvalue weighted by Crippen LogP contribution is 2.24. The molecule has 2 rings (SSSR count). The lowest BCUT2D eigenvalue weighted by Crippen LogP contribution is -2.38. The van der Waals surface area contributed by atoms with E-state index in [4.69, 9.17) is 4.74 Å². The van der Waals surface area contributed by atoms with E-state index in [1.807, 2.05) is 14.0 Å². The van der Waals surface area contributed by atoms with E-state index in [1.165, 1.54) is 0 Å². The van der Waals surface area contributed by atoms with E-state index >= 15 is 0 Å². The lowest BCUT2D eigenvalue weighted by Gasteiger charge is -2.31. The number of hydrogen-bond acceptors (Lipinski definition) is 5. The molecule has 0 bridgehead atoms. The van der Waals surface area contributed by atoms with Gasteiger partial charge in [0.1, 0.15) is 11.9 Å². The average Bonchev–Trinajstić information content (AvgIpc) is 2.41. The molecule has 1 N–H and O–H groups in total. The average molecular weight is 362 g/mol. The zero-order chi connectivity index (χ0) is 13.1. The molecule has 1 saturated heterocycles. The molecule has 6 heteroatoms. The van der Waals surface area contributed by atoms with Gasteiger partial charge >= 0.3 is 0 Å². The first-order valence-corrected chi connectivity index (χ1v) is 7.29. The predicted octanol–water partition coefficient (Wildman–Crippen LogP) is 1.82. The van der Waals surface area contributed by atoms with Gasteiger partial charge in [-0.15, -0.1) is 0 Å². The van der Waals surface area contributed by atoms with Gasteiger partial charge < -0.3 is 10.1 Å². The number of hydrogen-bond donors (Lipinski definition) is 1. The van der Waals surface area contributed by atoms with Crippen molar-refractivity contribution in [3.63, 3.8) is 0 Å². The highest BCUT2D eigenvalue weighted by Gasteiger charge is 2.24. The van der Waals surface area contributed by atoms with Crippen LogP contribution < -0.4 is 5.32 Å². The molecule has 100 valence electrons. The fourth-order valence-corrected chi connectivity index (χ4v) is 2.55. The summed E-state index contributed by atoms with van der Waals surface area (Å²) in [6, 6.07) is 0. The molecule has 1 aliphatic heterocycles. The SMILES string of the molecule is CCN1CCOC(c2nc(C)c(I)c(NC)n2)C1. The largest absolute Gasteiger partial charge is 0.372 e. The zero-order valence-electron chi connectivity index (χ0n) is 11.0. The number of likely N-dealkylation sites (N-methyl/N-ethyl adjacent to an activating group) is 1. The molecule has 0 amide bonds. The molecule has 0 aliphatic carbocycles. The molecule has 1 aromatic rings. The first kappa shape index (κ1) is 14.0. The van der Waals surface area contributed by atoms with Crippen molar-refractivity contribution in [1.82, 2.24) is 14.9 Å². The van der Waals surface area contributed by atoms with Crippen LogP contribution in [0.4, 0.5) is 5.82 Å². The highest BCUT2D eigenvalue weighted by molar-refractivity contribution is 14.1. The topological polar surface area (TPSA) is 50.3 Å². The number of rotatable bonds is 3. The van der Waals surface area contributed by atoms with Gasteiger partial charge in [-0.25, -0.2) is 9.97 Å². The minimum absolute atomic E-state index is 0.0125.